The summed E-state index contributed by atoms with van der Waals surface area (Å²) in [6.07, 6.45) is 4.31. The number of amides is 1. The third-order valence-corrected chi connectivity index (χ3v) is 3.81. The van der Waals surface area contributed by atoms with Crippen LogP contribution in [0.3, 0.4) is 0 Å². The number of carbonyl (C=O) groups is 2. The van der Waals surface area contributed by atoms with Gasteiger partial charge in [-0.15, -0.1) is 0 Å². The molecule has 0 bridgehead atoms. The molecule has 0 radical (unpaired) electrons. The van der Waals surface area contributed by atoms with Crippen molar-refractivity contribution in [3.8, 4) is 11.5 Å². The molecule has 1 aromatic carbocycles. The lowest BCUT2D eigenvalue weighted by molar-refractivity contribution is -0.146. The Morgan fingerprint density at radius 3 is 2.77 bits per heavy atom. The summed E-state index contributed by atoms with van der Waals surface area (Å²) in [5.41, 5.74) is 0.809. The fourth-order valence-electron chi connectivity index (χ4n) is 2.71. The maximum absolute atomic E-state index is 12.1. The Hall–Kier alpha value is -2.50. The molecule has 2 heterocycles. The smallest absolute Gasteiger partial charge is 0.326 e. The van der Waals surface area contributed by atoms with Gasteiger partial charge in [-0.2, -0.15) is 0 Å². The lowest BCUT2D eigenvalue weighted by atomic mass is 10.1. The normalized spacial score (nSPS) is 20.4. The molecular formula is C16H17NO5. The maximum Gasteiger partial charge on any atom is 0.326 e. The summed E-state index contributed by atoms with van der Waals surface area (Å²) in [6.45, 7) is 1.53. The number of likely N-dealkylation sites (tertiary alicyclic amines) is 1. The largest absolute Gasteiger partial charge is 0.486 e. The first kappa shape index (κ1) is 14.4. The Balaban J connectivity index is 1.71. The summed E-state index contributed by atoms with van der Waals surface area (Å²) in [5, 5.41) is 9.10. The molecule has 2 aliphatic heterocycles. The Labute approximate surface area is 127 Å². The zero-order valence-corrected chi connectivity index (χ0v) is 12.0. The summed E-state index contributed by atoms with van der Waals surface area (Å²) in [4.78, 5) is 24.6. The maximum atomic E-state index is 12.1. The van der Waals surface area contributed by atoms with Gasteiger partial charge in [-0.25, -0.2) is 4.79 Å². The molecule has 1 amide bonds. The van der Waals surface area contributed by atoms with Crippen molar-refractivity contribution in [3.05, 3.63) is 29.8 Å². The van der Waals surface area contributed by atoms with E-state index in [4.69, 9.17) is 14.6 Å². The highest BCUT2D eigenvalue weighted by Gasteiger charge is 2.32. The molecule has 1 fully saturated rings. The standard InChI is InChI=1S/C16H17NO5/c18-15(17-7-1-2-12(17)16(19)20)6-4-11-3-5-13-14(10-11)22-9-8-21-13/h3-6,10,12H,1-2,7-9H2,(H,19,20)/b6-4-. The molecular weight excluding hydrogens is 286 g/mol. The Bertz CT molecular complexity index is 625. The van der Waals surface area contributed by atoms with Crippen LogP contribution in [0, 0.1) is 0 Å². The number of benzene rings is 1. The van der Waals surface area contributed by atoms with Crippen LogP contribution in [0.1, 0.15) is 18.4 Å². The van der Waals surface area contributed by atoms with Crippen LogP contribution in [-0.2, 0) is 9.59 Å². The van der Waals surface area contributed by atoms with Crippen molar-refractivity contribution < 1.29 is 24.2 Å². The first-order chi connectivity index (χ1) is 10.6. The number of rotatable bonds is 3. The van der Waals surface area contributed by atoms with Gasteiger partial charge in [-0.05, 0) is 36.6 Å². The van der Waals surface area contributed by atoms with Gasteiger partial charge in [-0.3, -0.25) is 4.79 Å². The van der Waals surface area contributed by atoms with Crippen LogP contribution in [-0.4, -0.2) is 47.7 Å². The quantitative estimate of drug-likeness (QED) is 0.857. The monoisotopic (exact) mass is 303 g/mol. The fourth-order valence-corrected chi connectivity index (χ4v) is 2.71. The van der Waals surface area contributed by atoms with Crippen molar-refractivity contribution in [3.63, 3.8) is 0 Å². The Morgan fingerprint density at radius 1 is 1.23 bits per heavy atom. The summed E-state index contributed by atoms with van der Waals surface area (Å²) >= 11 is 0. The van der Waals surface area contributed by atoms with E-state index in [2.05, 4.69) is 0 Å². The Morgan fingerprint density at radius 2 is 2.00 bits per heavy atom. The summed E-state index contributed by atoms with van der Waals surface area (Å²) in [7, 11) is 0. The van der Waals surface area contributed by atoms with Gasteiger partial charge < -0.3 is 19.5 Å². The predicted molar refractivity (Wildman–Crippen MR) is 78.8 cm³/mol. The minimum atomic E-state index is -0.946. The molecule has 1 N–H and O–H groups in total. The molecule has 1 atom stereocenters. The number of fused-ring (bicyclic) bond motifs is 1. The van der Waals surface area contributed by atoms with Gasteiger partial charge in [0.05, 0.1) is 0 Å². The fraction of sp³-hybridized carbons (Fsp3) is 0.375. The second-order valence-corrected chi connectivity index (χ2v) is 5.26. The first-order valence-corrected chi connectivity index (χ1v) is 7.26. The lowest BCUT2D eigenvalue weighted by Crippen LogP contribution is -2.39. The van der Waals surface area contributed by atoms with Gasteiger partial charge in [-0.1, -0.05) is 6.07 Å². The highest BCUT2D eigenvalue weighted by Crippen LogP contribution is 2.31. The van der Waals surface area contributed by atoms with Crippen LogP contribution < -0.4 is 9.47 Å². The van der Waals surface area contributed by atoms with Crippen LogP contribution in [0.25, 0.3) is 6.08 Å². The van der Waals surface area contributed by atoms with Crippen LogP contribution in [0.5, 0.6) is 11.5 Å². The van der Waals surface area contributed by atoms with E-state index < -0.39 is 12.0 Å². The molecule has 0 spiro atoms. The van der Waals surface area contributed by atoms with Crippen molar-refractivity contribution >= 4 is 18.0 Å². The second kappa shape index (κ2) is 6.09. The number of nitrogens with zero attached hydrogens (tertiary/aromatic N) is 1. The molecule has 6 nitrogen and oxygen atoms in total. The van der Waals surface area contributed by atoms with E-state index in [9.17, 15) is 9.59 Å². The van der Waals surface area contributed by atoms with E-state index in [0.717, 1.165) is 12.0 Å². The molecule has 1 aromatic rings. The van der Waals surface area contributed by atoms with Crippen LogP contribution in [0.2, 0.25) is 0 Å². The van der Waals surface area contributed by atoms with Gasteiger partial charge in [0.15, 0.2) is 11.5 Å². The number of hydrogen-bond acceptors (Lipinski definition) is 4. The zero-order valence-electron chi connectivity index (χ0n) is 12.0. The van der Waals surface area contributed by atoms with Crippen molar-refractivity contribution in [1.29, 1.82) is 0 Å². The van der Waals surface area contributed by atoms with Crippen molar-refractivity contribution in [1.82, 2.24) is 4.90 Å². The van der Waals surface area contributed by atoms with Crippen LogP contribution in [0.4, 0.5) is 0 Å². The molecule has 2 aliphatic rings. The van der Waals surface area contributed by atoms with Crippen LogP contribution in [0.15, 0.2) is 24.3 Å². The van der Waals surface area contributed by atoms with E-state index in [0.29, 0.717) is 37.7 Å². The van der Waals surface area contributed by atoms with E-state index in [-0.39, 0.29) is 5.91 Å². The van der Waals surface area contributed by atoms with Crippen molar-refractivity contribution in [2.75, 3.05) is 19.8 Å². The molecule has 0 aromatic heterocycles. The van der Waals surface area contributed by atoms with Gasteiger partial charge in [0.25, 0.3) is 0 Å². The highest BCUT2D eigenvalue weighted by atomic mass is 16.6. The molecule has 116 valence electrons. The minimum Gasteiger partial charge on any atom is -0.486 e. The molecule has 0 aliphatic carbocycles. The number of carboxylic acid groups (broad SMARTS) is 1. The van der Waals surface area contributed by atoms with Gasteiger partial charge >= 0.3 is 5.97 Å². The SMILES string of the molecule is O=C(O)C1CCCN1C(=O)/C=C\c1ccc2c(c1)OCCO2. The van der Waals surface area contributed by atoms with E-state index in [1.165, 1.54) is 11.0 Å². The molecule has 22 heavy (non-hydrogen) atoms. The molecule has 3 rings (SSSR count). The summed E-state index contributed by atoms with van der Waals surface area (Å²) < 4.78 is 10.9. The van der Waals surface area contributed by atoms with Crippen LogP contribution >= 0.6 is 0 Å². The van der Waals surface area contributed by atoms with Crippen molar-refractivity contribution in [2.45, 2.75) is 18.9 Å². The highest BCUT2D eigenvalue weighted by molar-refractivity contribution is 5.94. The number of carboxylic acids is 1. The third kappa shape index (κ3) is 2.90. The average molecular weight is 303 g/mol. The Kier molecular flexibility index (Phi) is 4.00. The number of carbonyl (C=O) groups excluding carboxylic acids is 1. The molecule has 1 unspecified atom stereocenters. The molecule has 1 saturated heterocycles. The summed E-state index contributed by atoms with van der Waals surface area (Å²) in [5.74, 6) is 0.129. The van der Waals surface area contributed by atoms with Gasteiger partial charge in [0.1, 0.15) is 19.3 Å². The van der Waals surface area contributed by atoms with Gasteiger partial charge in [0.2, 0.25) is 5.91 Å². The predicted octanol–water partition coefficient (Wildman–Crippen LogP) is 1.55. The summed E-state index contributed by atoms with van der Waals surface area (Å²) in [6, 6.07) is 4.72. The van der Waals surface area contributed by atoms with E-state index >= 15 is 0 Å². The minimum absolute atomic E-state index is 0.278. The van der Waals surface area contributed by atoms with Gasteiger partial charge in [0, 0.05) is 12.6 Å². The first-order valence-electron chi connectivity index (χ1n) is 7.26. The van der Waals surface area contributed by atoms with E-state index in [1.807, 2.05) is 6.07 Å². The third-order valence-electron chi connectivity index (χ3n) is 3.81. The zero-order chi connectivity index (χ0) is 15.5. The number of aliphatic carboxylic acids is 1. The topological polar surface area (TPSA) is 76.1 Å². The lowest BCUT2D eigenvalue weighted by Gasteiger charge is -2.19. The molecule has 6 heteroatoms. The second-order valence-electron chi connectivity index (χ2n) is 5.26. The van der Waals surface area contributed by atoms with Crippen molar-refractivity contribution in [2.24, 2.45) is 0 Å². The molecule has 0 saturated carbocycles. The van der Waals surface area contributed by atoms with E-state index in [1.54, 1.807) is 18.2 Å². The average Bonchev–Trinajstić information content (AvgIpc) is 3.02. The number of hydrogen-bond donors (Lipinski definition) is 1. The number of ether oxygens (including phenoxy) is 2.